The third kappa shape index (κ3) is 3.70. The van der Waals surface area contributed by atoms with Crippen molar-refractivity contribution in [1.82, 2.24) is 5.32 Å². The van der Waals surface area contributed by atoms with Gasteiger partial charge in [-0.3, -0.25) is 0 Å². The third-order valence-corrected chi connectivity index (χ3v) is 3.66. The number of ether oxygens (including phenoxy) is 1. The van der Waals surface area contributed by atoms with Gasteiger partial charge in [-0.15, -0.1) is 0 Å². The fourth-order valence-corrected chi connectivity index (χ4v) is 2.64. The van der Waals surface area contributed by atoms with Crippen molar-refractivity contribution in [3.63, 3.8) is 0 Å². The van der Waals surface area contributed by atoms with Crippen LogP contribution in [0.5, 0.6) is 5.75 Å². The minimum Gasteiger partial charge on any atom is -0.489 e. The van der Waals surface area contributed by atoms with Gasteiger partial charge < -0.3 is 10.1 Å². The number of hydrogen-bond donors (Lipinski definition) is 1. The van der Waals surface area contributed by atoms with Crippen LogP contribution in [0.1, 0.15) is 38.5 Å². The number of likely N-dealkylation sites (N-methyl/N-ethyl adjacent to an activating group) is 1. The quantitative estimate of drug-likeness (QED) is 0.887. The average molecular weight is 251 g/mol. The first kappa shape index (κ1) is 13.3. The zero-order chi connectivity index (χ0) is 12.8. The van der Waals surface area contributed by atoms with Crippen molar-refractivity contribution in [1.29, 1.82) is 0 Å². The number of nitrogens with one attached hydrogen (secondary N) is 1. The van der Waals surface area contributed by atoms with Gasteiger partial charge in [0.25, 0.3) is 0 Å². The van der Waals surface area contributed by atoms with E-state index < -0.39 is 0 Å². The Bertz CT molecular complexity index is 369. The fourth-order valence-electron chi connectivity index (χ4n) is 2.64. The number of rotatable bonds is 3. The molecule has 0 aromatic heterocycles. The van der Waals surface area contributed by atoms with Crippen molar-refractivity contribution in [2.45, 2.75) is 50.7 Å². The van der Waals surface area contributed by atoms with E-state index in [4.69, 9.17) is 4.74 Å². The lowest BCUT2D eigenvalue weighted by Crippen LogP contribution is -2.41. The first-order valence-corrected chi connectivity index (χ1v) is 6.89. The van der Waals surface area contributed by atoms with Gasteiger partial charge >= 0.3 is 0 Å². The molecule has 2 unspecified atom stereocenters. The van der Waals surface area contributed by atoms with E-state index in [1.54, 1.807) is 6.07 Å². The second-order valence-electron chi connectivity index (χ2n) is 5.00. The average Bonchev–Trinajstić information content (AvgIpc) is 2.33. The lowest BCUT2D eigenvalue weighted by molar-refractivity contribution is 0.130. The summed E-state index contributed by atoms with van der Waals surface area (Å²) < 4.78 is 19.1. The second kappa shape index (κ2) is 6.74. The van der Waals surface area contributed by atoms with E-state index >= 15 is 0 Å². The molecule has 2 nitrogen and oxygen atoms in total. The van der Waals surface area contributed by atoms with Gasteiger partial charge in [0, 0.05) is 12.1 Å². The van der Waals surface area contributed by atoms with Crippen LogP contribution in [-0.2, 0) is 0 Å². The molecule has 0 radical (unpaired) electrons. The molecule has 2 rings (SSSR count). The minimum absolute atomic E-state index is 0.150. The summed E-state index contributed by atoms with van der Waals surface area (Å²) in [5.41, 5.74) is 0. The molecular formula is C15H22FNO. The Hall–Kier alpha value is -1.09. The van der Waals surface area contributed by atoms with Crippen molar-refractivity contribution in [3.8, 4) is 5.75 Å². The van der Waals surface area contributed by atoms with E-state index in [0.717, 1.165) is 12.8 Å². The van der Waals surface area contributed by atoms with Gasteiger partial charge in [0.2, 0.25) is 0 Å². The number of benzene rings is 1. The summed E-state index contributed by atoms with van der Waals surface area (Å²) in [7, 11) is 1.98. The Morgan fingerprint density at radius 3 is 2.67 bits per heavy atom. The SMILES string of the molecule is CNC1CCCCCCC1Oc1cccc(F)c1. The summed E-state index contributed by atoms with van der Waals surface area (Å²) in [5, 5.41) is 3.34. The highest BCUT2D eigenvalue weighted by atomic mass is 19.1. The van der Waals surface area contributed by atoms with Crippen molar-refractivity contribution < 1.29 is 9.13 Å². The first-order chi connectivity index (χ1) is 8.79. The maximum atomic E-state index is 13.2. The Morgan fingerprint density at radius 1 is 1.17 bits per heavy atom. The molecular weight excluding hydrogens is 229 g/mol. The maximum absolute atomic E-state index is 13.2. The van der Waals surface area contributed by atoms with E-state index in [9.17, 15) is 4.39 Å². The summed E-state index contributed by atoms with van der Waals surface area (Å²) in [6.45, 7) is 0. The molecule has 100 valence electrons. The van der Waals surface area contributed by atoms with Gasteiger partial charge in [-0.25, -0.2) is 4.39 Å². The van der Waals surface area contributed by atoms with Gasteiger partial charge in [-0.05, 0) is 38.4 Å². The molecule has 1 fully saturated rings. The third-order valence-electron chi connectivity index (χ3n) is 3.66. The highest BCUT2D eigenvalue weighted by molar-refractivity contribution is 5.22. The van der Waals surface area contributed by atoms with E-state index in [2.05, 4.69) is 5.32 Å². The molecule has 0 heterocycles. The lowest BCUT2D eigenvalue weighted by atomic mass is 9.94. The highest BCUT2D eigenvalue weighted by Gasteiger charge is 2.23. The Balaban J connectivity index is 2.03. The van der Waals surface area contributed by atoms with Gasteiger partial charge in [0.05, 0.1) is 0 Å². The van der Waals surface area contributed by atoms with Crippen LogP contribution >= 0.6 is 0 Å². The number of hydrogen-bond acceptors (Lipinski definition) is 2. The van der Waals surface area contributed by atoms with E-state index in [0.29, 0.717) is 11.8 Å². The van der Waals surface area contributed by atoms with E-state index in [1.165, 1.54) is 37.8 Å². The van der Waals surface area contributed by atoms with Crippen LogP contribution in [0.3, 0.4) is 0 Å². The fraction of sp³-hybridized carbons (Fsp3) is 0.600. The van der Waals surface area contributed by atoms with Crippen molar-refractivity contribution in [2.24, 2.45) is 0 Å². The normalized spacial score (nSPS) is 25.2. The van der Waals surface area contributed by atoms with Gasteiger partial charge in [-0.1, -0.05) is 25.3 Å². The predicted molar refractivity (Wildman–Crippen MR) is 71.4 cm³/mol. The molecule has 3 heteroatoms. The Labute approximate surface area is 109 Å². The molecule has 1 aliphatic carbocycles. The van der Waals surface area contributed by atoms with Crippen LogP contribution in [0.15, 0.2) is 24.3 Å². The molecule has 18 heavy (non-hydrogen) atoms. The van der Waals surface area contributed by atoms with Crippen LogP contribution in [-0.4, -0.2) is 19.2 Å². The lowest BCUT2D eigenvalue weighted by Gasteiger charge is -2.29. The summed E-state index contributed by atoms with van der Waals surface area (Å²) in [5.74, 6) is 0.403. The zero-order valence-electron chi connectivity index (χ0n) is 11.0. The second-order valence-corrected chi connectivity index (χ2v) is 5.00. The van der Waals surface area contributed by atoms with Crippen LogP contribution in [0.2, 0.25) is 0 Å². The molecule has 1 aromatic rings. The topological polar surface area (TPSA) is 21.3 Å². The predicted octanol–water partition coefficient (Wildman–Crippen LogP) is 3.52. The Kier molecular flexibility index (Phi) is 5.00. The number of halogens is 1. The molecule has 1 saturated carbocycles. The van der Waals surface area contributed by atoms with E-state index in [-0.39, 0.29) is 11.9 Å². The zero-order valence-corrected chi connectivity index (χ0v) is 11.0. The molecule has 0 saturated heterocycles. The maximum Gasteiger partial charge on any atom is 0.126 e. The molecule has 1 N–H and O–H groups in total. The smallest absolute Gasteiger partial charge is 0.126 e. The monoisotopic (exact) mass is 251 g/mol. The van der Waals surface area contributed by atoms with Crippen molar-refractivity contribution >= 4 is 0 Å². The Morgan fingerprint density at radius 2 is 1.94 bits per heavy atom. The van der Waals surface area contributed by atoms with Crippen molar-refractivity contribution in [3.05, 3.63) is 30.1 Å². The van der Waals surface area contributed by atoms with Crippen LogP contribution < -0.4 is 10.1 Å². The highest BCUT2D eigenvalue weighted by Crippen LogP contribution is 2.23. The van der Waals surface area contributed by atoms with Crippen LogP contribution in [0.25, 0.3) is 0 Å². The largest absolute Gasteiger partial charge is 0.489 e. The van der Waals surface area contributed by atoms with Crippen LogP contribution in [0, 0.1) is 5.82 Å². The summed E-state index contributed by atoms with van der Waals surface area (Å²) in [6.07, 6.45) is 7.35. The van der Waals surface area contributed by atoms with Crippen LogP contribution in [0.4, 0.5) is 4.39 Å². The minimum atomic E-state index is -0.237. The van der Waals surface area contributed by atoms with Crippen molar-refractivity contribution in [2.75, 3.05) is 7.05 Å². The van der Waals surface area contributed by atoms with E-state index in [1.807, 2.05) is 13.1 Å². The van der Waals surface area contributed by atoms with Gasteiger partial charge in [-0.2, -0.15) is 0 Å². The molecule has 1 aromatic carbocycles. The van der Waals surface area contributed by atoms with Gasteiger partial charge in [0.1, 0.15) is 17.7 Å². The summed E-state index contributed by atoms with van der Waals surface area (Å²) in [4.78, 5) is 0. The standard InChI is InChI=1S/C15H22FNO/c1-17-14-9-4-2-3-5-10-15(14)18-13-8-6-7-12(16)11-13/h6-8,11,14-15,17H,2-5,9-10H2,1H3. The molecule has 0 amide bonds. The first-order valence-electron chi connectivity index (χ1n) is 6.89. The molecule has 2 atom stereocenters. The summed E-state index contributed by atoms with van der Waals surface area (Å²) >= 11 is 0. The van der Waals surface area contributed by atoms with Gasteiger partial charge in [0.15, 0.2) is 0 Å². The molecule has 0 spiro atoms. The molecule has 0 bridgehead atoms. The molecule has 1 aliphatic rings. The molecule has 0 aliphatic heterocycles. The summed E-state index contributed by atoms with van der Waals surface area (Å²) in [6, 6.07) is 6.80.